The van der Waals surface area contributed by atoms with Crippen molar-refractivity contribution in [2.24, 2.45) is 5.92 Å². The lowest BCUT2D eigenvalue weighted by Gasteiger charge is -2.49. The van der Waals surface area contributed by atoms with E-state index in [9.17, 15) is 4.79 Å². The van der Waals surface area contributed by atoms with E-state index in [1.807, 2.05) is 17.2 Å². The molecule has 6 heteroatoms. The Hall–Kier alpha value is -2.44. The van der Waals surface area contributed by atoms with Gasteiger partial charge in [0.2, 0.25) is 0 Å². The van der Waals surface area contributed by atoms with Crippen molar-refractivity contribution in [3.8, 4) is 10.4 Å². The molecule has 5 nitrogen and oxygen atoms in total. The number of pyridine rings is 1. The number of benzene rings is 1. The molecule has 28 heavy (non-hydrogen) atoms. The van der Waals surface area contributed by atoms with Crippen LogP contribution in [0.4, 0.5) is 9.80 Å². The maximum Gasteiger partial charge on any atom is 0.415 e. The average Bonchev–Trinajstić information content (AvgIpc) is 3.33. The number of rotatable bonds is 2. The highest BCUT2D eigenvalue weighted by Gasteiger charge is 2.55. The monoisotopic (exact) mass is 391 g/mol. The summed E-state index contributed by atoms with van der Waals surface area (Å²) in [4.78, 5) is 22.6. The third kappa shape index (κ3) is 2.48. The van der Waals surface area contributed by atoms with Crippen molar-refractivity contribution in [1.82, 2.24) is 9.88 Å². The predicted molar refractivity (Wildman–Crippen MR) is 111 cm³/mol. The highest BCUT2D eigenvalue weighted by Crippen LogP contribution is 2.45. The summed E-state index contributed by atoms with van der Waals surface area (Å²) >= 11 is 1.65. The molecule has 1 aromatic carbocycles. The minimum Gasteiger partial charge on any atom is -0.439 e. The molecular formula is C22H21N3O2S. The molecule has 6 heterocycles. The molecule has 1 spiro atoms. The molecule has 4 fully saturated rings. The lowest BCUT2D eigenvalue weighted by molar-refractivity contribution is -0.0881. The summed E-state index contributed by atoms with van der Waals surface area (Å²) in [5.74, 6) is 0.499. The van der Waals surface area contributed by atoms with E-state index >= 15 is 0 Å². The average molecular weight is 391 g/mol. The van der Waals surface area contributed by atoms with Crippen molar-refractivity contribution in [3.05, 3.63) is 48.7 Å². The first-order valence-corrected chi connectivity index (χ1v) is 10.7. The summed E-state index contributed by atoms with van der Waals surface area (Å²) in [5.41, 5.74) is 1.84. The van der Waals surface area contributed by atoms with E-state index in [-0.39, 0.29) is 11.7 Å². The van der Waals surface area contributed by atoms with Crippen molar-refractivity contribution in [1.29, 1.82) is 0 Å². The number of aromatic nitrogens is 1. The summed E-state index contributed by atoms with van der Waals surface area (Å²) in [6.45, 7) is 3.85. The molecule has 4 saturated heterocycles. The predicted octanol–water partition coefficient (Wildman–Crippen LogP) is 4.38. The van der Waals surface area contributed by atoms with Crippen molar-refractivity contribution in [3.63, 3.8) is 0 Å². The summed E-state index contributed by atoms with van der Waals surface area (Å²) in [6, 6.07) is 14.5. The van der Waals surface area contributed by atoms with Crippen LogP contribution in [0.2, 0.25) is 0 Å². The van der Waals surface area contributed by atoms with Crippen LogP contribution in [-0.4, -0.2) is 47.8 Å². The molecule has 1 amide bonds. The first-order chi connectivity index (χ1) is 13.7. The van der Waals surface area contributed by atoms with Gasteiger partial charge < -0.3 is 4.74 Å². The number of hydrogen-bond acceptors (Lipinski definition) is 5. The van der Waals surface area contributed by atoms with Crippen LogP contribution in [0.15, 0.2) is 48.7 Å². The molecule has 2 bridgehead atoms. The third-order valence-electron chi connectivity index (χ3n) is 6.50. The number of hydrogen-bond donors (Lipinski definition) is 0. The minimum absolute atomic E-state index is 0.190. The van der Waals surface area contributed by atoms with Gasteiger partial charge in [-0.05, 0) is 61.8 Å². The Morgan fingerprint density at radius 2 is 2.00 bits per heavy atom. The molecule has 0 saturated carbocycles. The van der Waals surface area contributed by atoms with Crippen LogP contribution in [0.5, 0.6) is 0 Å². The number of carbonyl (C=O) groups excluding carboxylic acids is 1. The van der Waals surface area contributed by atoms with Gasteiger partial charge in [0, 0.05) is 28.9 Å². The first kappa shape index (κ1) is 16.5. The SMILES string of the molecule is O=C1O[C@]2(CN3CCC2CC3)CN1c1ccc(-c2ccc3ncccc3c2)s1. The van der Waals surface area contributed by atoms with E-state index in [1.165, 1.54) is 0 Å². The van der Waals surface area contributed by atoms with Crippen LogP contribution in [-0.2, 0) is 4.74 Å². The second-order valence-corrected chi connectivity index (χ2v) is 9.18. The number of fused-ring (bicyclic) bond motifs is 3. The molecule has 0 aliphatic carbocycles. The maximum absolute atomic E-state index is 12.7. The number of amides is 1. The molecule has 4 aliphatic heterocycles. The second kappa shape index (κ2) is 6.03. The Morgan fingerprint density at radius 1 is 1.11 bits per heavy atom. The molecule has 7 rings (SSSR count). The van der Waals surface area contributed by atoms with E-state index < -0.39 is 0 Å². The zero-order valence-electron chi connectivity index (χ0n) is 15.5. The molecule has 2 aromatic heterocycles. The zero-order chi connectivity index (χ0) is 18.7. The van der Waals surface area contributed by atoms with Gasteiger partial charge in [0.15, 0.2) is 0 Å². The van der Waals surface area contributed by atoms with Gasteiger partial charge in [-0.15, -0.1) is 11.3 Å². The van der Waals surface area contributed by atoms with Crippen LogP contribution < -0.4 is 4.90 Å². The standard InChI is InChI=1S/C22H21N3O2S/c26-21-25(14-22(27-21)13-24-10-7-17(22)8-11-24)20-6-5-19(28-20)16-3-4-18-15(12-16)2-1-9-23-18/h1-6,9,12,17H,7-8,10-11,13-14H2/t22-/m1/s1. The smallest absolute Gasteiger partial charge is 0.415 e. The fourth-order valence-corrected chi connectivity index (χ4v) is 6.03. The van der Waals surface area contributed by atoms with E-state index in [4.69, 9.17) is 4.74 Å². The number of nitrogens with zero attached hydrogens (tertiary/aromatic N) is 3. The largest absolute Gasteiger partial charge is 0.439 e. The number of piperidine rings is 3. The van der Waals surface area contributed by atoms with Gasteiger partial charge in [-0.25, -0.2) is 4.79 Å². The minimum atomic E-state index is -0.313. The molecule has 3 aromatic rings. The topological polar surface area (TPSA) is 45.7 Å². The fraction of sp³-hybridized carbons (Fsp3) is 0.364. The quantitative estimate of drug-likeness (QED) is 0.650. The van der Waals surface area contributed by atoms with Gasteiger partial charge in [-0.1, -0.05) is 12.1 Å². The number of carbonyl (C=O) groups is 1. The fourth-order valence-electron chi connectivity index (χ4n) is 5.04. The van der Waals surface area contributed by atoms with Crippen molar-refractivity contribution in [2.45, 2.75) is 18.4 Å². The first-order valence-electron chi connectivity index (χ1n) is 9.88. The number of thiophene rings is 1. The van der Waals surface area contributed by atoms with Crippen LogP contribution in [0, 0.1) is 5.92 Å². The molecule has 0 radical (unpaired) electrons. The lowest BCUT2D eigenvalue weighted by Crippen LogP contribution is -2.61. The van der Waals surface area contributed by atoms with E-state index in [0.717, 1.165) is 58.8 Å². The van der Waals surface area contributed by atoms with E-state index in [2.05, 4.69) is 46.3 Å². The van der Waals surface area contributed by atoms with E-state index in [0.29, 0.717) is 12.5 Å². The highest BCUT2D eigenvalue weighted by atomic mass is 32.1. The Kier molecular flexibility index (Phi) is 3.55. The Labute approximate surface area is 167 Å². The Morgan fingerprint density at radius 3 is 2.82 bits per heavy atom. The van der Waals surface area contributed by atoms with Crippen LogP contribution >= 0.6 is 11.3 Å². The van der Waals surface area contributed by atoms with Crippen LogP contribution in [0.3, 0.4) is 0 Å². The summed E-state index contributed by atoms with van der Waals surface area (Å²) in [5, 5.41) is 2.10. The molecular weight excluding hydrogens is 370 g/mol. The summed E-state index contributed by atoms with van der Waals surface area (Å²) in [7, 11) is 0. The summed E-state index contributed by atoms with van der Waals surface area (Å²) in [6.07, 6.45) is 3.91. The van der Waals surface area contributed by atoms with Gasteiger partial charge in [-0.2, -0.15) is 0 Å². The highest BCUT2D eigenvalue weighted by molar-refractivity contribution is 7.19. The third-order valence-corrected chi connectivity index (χ3v) is 7.66. The maximum atomic E-state index is 12.7. The van der Waals surface area contributed by atoms with E-state index in [1.54, 1.807) is 11.3 Å². The van der Waals surface area contributed by atoms with Crippen molar-refractivity contribution < 1.29 is 9.53 Å². The lowest BCUT2D eigenvalue weighted by atomic mass is 9.75. The summed E-state index contributed by atoms with van der Waals surface area (Å²) < 4.78 is 6.01. The Bertz CT molecular complexity index is 1070. The van der Waals surface area contributed by atoms with Crippen LogP contribution in [0.25, 0.3) is 21.3 Å². The number of anilines is 1. The number of ether oxygens (including phenoxy) is 1. The zero-order valence-corrected chi connectivity index (χ0v) is 16.3. The molecule has 4 aliphatic rings. The Balaban J connectivity index is 1.30. The second-order valence-electron chi connectivity index (χ2n) is 8.12. The van der Waals surface area contributed by atoms with Crippen molar-refractivity contribution in [2.75, 3.05) is 31.1 Å². The van der Waals surface area contributed by atoms with Gasteiger partial charge in [0.25, 0.3) is 0 Å². The molecule has 0 unspecified atom stereocenters. The van der Waals surface area contributed by atoms with Gasteiger partial charge in [-0.3, -0.25) is 14.8 Å². The van der Waals surface area contributed by atoms with Crippen LogP contribution in [0.1, 0.15) is 12.8 Å². The molecule has 142 valence electrons. The van der Waals surface area contributed by atoms with Gasteiger partial charge in [0.1, 0.15) is 10.6 Å². The molecule has 1 atom stereocenters. The van der Waals surface area contributed by atoms with Crippen molar-refractivity contribution >= 4 is 33.3 Å². The normalized spacial score (nSPS) is 29.0. The van der Waals surface area contributed by atoms with Gasteiger partial charge >= 0.3 is 6.09 Å². The molecule has 0 N–H and O–H groups in total. The van der Waals surface area contributed by atoms with Gasteiger partial charge in [0.05, 0.1) is 12.1 Å².